The van der Waals surface area contributed by atoms with Gasteiger partial charge in [0.1, 0.15) is 6.42 Å². The van der Waals surface area contributed by atoms with Gasteiger partial charge in [0.05, 0.1) is 7.11 Å². The van der Waals surface area contributed by atoms with Crippen LogP contribution in [0.25, 0.3) is 0 Å². The first-order chi connectivity index (χ1) is 7.45. The lowest BCUT2D eigenvalue weighted by Gasteiger charge is -2.40. The van der Waals surface area contributed by atoms with Crippen LogP contribution in [0.5, 0.6) is 0 Å². The van der Waals surface area contributed by atoms with E-state index in [4.69, 9.17) is 0 Å². The molecular weight excluding hydrogens is 206 g/mol. The molecule has 1 saturated carbocycles. The number of methoxy groups -OCH3 is 1. The molecule has 0 heterocycles. The third kappa shape index (κ3) is 3.51. The Labute approximate surface area is 96.7 Å². The van der Waals surface area contributed by atoms with Gasteiger partial charge in [-0.05, 0) is 24.2 Å². The second-order valence-corrected chi connectivity index (χ2v) is 5.15. The molecule has 0 bridgehead atoms. The van der Waals surface area contributed by atoms with E-state index in [0.29, 0.717) is 12.5 Å². The van der Waals surface area contributed by atoms with Gasteiger partial charge in [-0.3, -0.25) is 9.59 Å². The van der Waals surface area contributed by atoms with E-state index in [9.17, 15) is 9.59 Å². The maximum atomic E-state index is 11.4. The van der Waals surface area contributed by atoms with Crippen LogP contribution in [-0.4, -0.2) is 25.5 Å². The average molecular weight is 227 g/mol. The lowest BCUT2D eigenvalue weighted by atomic mass is 9.67. The number of hydrogen-bond donors (Lipinski definition) is 1. The number of esters is 1. The van der Waals surface area contributed by atoms with Gasteiger partial charge < -0.3 is 10.1 Å². The Balaban J connectivity index is 2.27. The minimum Gasteiger partial charge on any atom is -0.469 e. The van der Waals surface area contributed by atoms with Crippen molar-refractivity contribution < 1.29 is 14.3 Å². The Hall–Kier alpha value is -1.06. The predicted molar refractivity (Wildman–Crippen MR) is 60.8 cm³/mol. The minimum absolute atomic E-state index is 0.129. The van der Waals surface area contributed by atoms with E-state index < -0.39 is 5.97 Å². The van der Waals surface area contributed by atoms with Gasteiger partial charge in [0.2, 0.25) is 5.91 Å². The first-order valence-corrected chi connectivity index (χ1v) is 5.79. The third-order valence-electron chi connectivity index (χ3n) is 3.48. The Morgan fingerprint density at radius 3 is 2.44 bits per heavy atom. The van der Waals surface area contributed by atoms with Crippen molar-refractivity contribution in [3.8, 4) is 0 Å². The summed E-state index contributed by atoms with van der Waals surface area (Å²) in [5.41, 5.74) is 0.129. The average Bonchev–Trinajstić information content (AvgIpc) is 2.11. The molecular formula is C12H21NO3. The van der Waals surface area contributed by atoms with Crippen LogP contribution in [0.15, 0.2) is 0 Å². The molecule has 0 spiro atoms. The summed E-state index contributed by atoms with van der Waals surface area (Å²) in [6.45, 7) is 4.96. The first kappa shape index (κ1) is 13.0. The summed E-state index contributed by atoms with van der Waals surface area (Å²) in [7, 11) is 1.29. The molecule has 0 unspecified atom stereocenters. The molecule has 1 rings (SSSR count). The summed E-state index contributed by atoms with van der Waals surface area (Å²) < 4.78 is 4.43. The summed E-state index contributed by atoms with van der Waals surface area (Å²) >= 11 is 0. The van der Waals surface area contributed by atoms with Gasteiger partial charge in [-0.25, -0.2) is 0 Å². The molecule has 0 aromatic heterocycles. The standard InChI is InChI=1S/C12H21NO3/c1-12(2,9-5-4-6-9)8-13-10(14)7-11(15)16-3/h9H,4-8H2,1-3H3,(H,13,14). The SMILES string of the molecule is COC(=O)CC(=O)NCC(C)(C)C1CCC1. The van der Waals surface area contributed by atoms with Crippen molar-refractivity contribution in [3.05, 3.63) is 0 Å². The van der Waals surface area contributed by atoms with Gasteiger partial charge in [-0.1, -0.05) is 20.3 Å². The van der Waals surface area contributed by atoms with Gasteiger partial charge in [0.25, 0.3) is 0 Å². The summed E-state index contributed by atoms with van der Waals surface area (Å²) in [4.78, 5) is 22.2. The molecule has 1 aliphatic carbocycles. The quantitative estimate of drug-likeness (QED) is 0.572. The molecule has 1 aliphatic rings. The summed E-state index contributed by atoms with van der Waals surface area (Å²) in [5, 5.41) is 2.80. The fourth-order valence-corrected chi connectivity index (χ4v) is 1.93. The van der Waals surface area contributed by atoms with Gasteiger partial charge >= 0.3 is 5.97 Å². The maximum absolute atomic E-state index is 11.4. The van der Waals surface area contributed by atoms with Crippen LogP contribution >= 0.6 is 0 Å². The molecule has 0 aromatic carbocycles. The lowest BCUT2D eigenvalue weighted by molar-refractivity contribution is -0.143. The molecule has 4 heteroatoms. The van der Waals surface area contributed by atoms with E-state index >= 15 is 0 Å². The molecule has 1 amide bonds. The first-order valence-electron chi connectivity index (χ1n) is 5.79. The topological polar surface area (TPSA) is 55.4 Å². The van der Waals surface area contributed by atoms with Crippen molar-refractivity contribution in [2.24, 2.45) is 11.3 Å². The summed E-state index contributed by atoms with van der Waals surface area (Å²) in [6.07, 6.45) is 3.61. The molecule has 4 nitrogen and oxygen atoms in total. The van der Waals surface area contributed by atoms with Crippen LogP contribution in [-0.2, 0) is 14.3 Å². The van der Waals surface area contributed by atoms with Crippen LogP contribution in [0.4, 0.5) is 0 Å². The van der Waals surface area contributed by atoms with Crippen LogP contribution in [0.1, 0.15) is 39.5 Å². The van der Waals surface area contributed by atoms with Crippen LogP contribution < -0.4 is 5.32 Å². The van der Waals surface area contributed by atoms with Gasteiger partial charge in [0.15, 0.2) is 0 Å². The highest BCUT2D eigenvalue weighted by Crippen LogP contribution is 2.41. The molecule has 0 radical (unpaired) electrons. The smallest absolute Gasteiger partial charge is 0.315 e. The van der Waals surface area contributed by atoms with Crippen molar-refractivity contribution in [2.45, 2.75) is 39.5 Å². The van der Waals surface area contributed by atoms with E-state index in [1.54, 1.807) is 0 Å². The highest BCUT2D eigenvalue weighted by molar-refractivity contribution is 5.94. The maximum Gasteiger partial charge on any atom is 0.315 e. The van der Waals surface area contributed by atoms with Gasteiger partial charge in [-0.2, -0.15) is 0 Å². The van der Waals surface area contributed by atoms with Gasteiger partial charge in [0, 0.05) is 6.54 Å². The van der Waals surface area contributed by atoms with E-state index in [0.717, 1.165) is 0 Å². The zero-order valence-corrected chi connectivity index (χ0v) is 10.3. The number of rotatable bonds is 5. The zero-order valence-electron chi connectivity index (χ0n) is 10.3. The Kier molecular flexibility index (Phi) is 4.33. The molecule has 0 atom stereocenters. The fourth-order valence-electron chi connectivity index (χ4n) is 1.93. The number of nitrogens with one attached hydrogen (secondary N) is 1. The summed E-state index contributed by atoms with van der Waals surface area (Å²) in [6, 6.07) is 0. The summed E-state index contributed by atoms with van der Waals surface area (Å²) in [5.74, 6) is -0.0378. The van der Waals surface area contributed by atoms with E-state index in [2.05, 4.69) is 23.9 Å². The van der Waals surface area contributed by atoms with E-state index in [-0.39, 0.29) is 17.7 Å². The number of ether oxygens (including phenoxy) is 1. The highest BCUT2D eigenvalue weighted by atomic mass is 16.5. The van der Waals surface area contributed by atoms with Crippen molar-refractivity contribution in [3.63, 3.8) is 0 Å². The van der Waals surface area contributed by atoms with Crippen molar-refractivity contribution in [1.29, 1.82) is 0 Å². The zero-order chi connectivity index (χ0) is 12.2. The lowest BCUT2D eigenvalue weighted by Crippen LogP contribution is -2.41. The second kappa shape index (κ2) is 5.32. The fraction of sp³-hybridized carbons (Fsp3) is 0.833. The molecule has 1 N–H and O–H groups in total. The van der Waals surface area contributed by atoms with Crippen LogP contribution in [0, 0.1) is 11.3 Å². The number of hydrogen-bond acceptors (Lipinski definition) is 3. The van der Waals surface area contributed by atoms with Gasteiger partial charge in [-0.15, -0.1) is 0 Å². The Morgan fingerprint density at radius 2 is 2.00 bits per heavy atom. The number of carbonyl (C=O) groups excluding carboxylic acids is 2. The third-order valence-corrected chi connectivity index (χ3v) is 3.48. The van der Waals surface area contributed by atoms with Crippen LogP contribution in [0.2, 0.25) is 0 Å². The number of carbonyl (C=O) groups is 2. The molecule has 0 saturated heterocycles. The van der Waals surface area contributed by atoms with Crippen molar-refractivity contribution >= 4 is 11.9 Å². The second-order valence-electron chi connectivity index (χ2n) is 5.15. The minimum atomic E-state index is -0.487. The van der Waals surface area contributed by atoms with Crippen LogP contribution in [0.3, 0.4) is 0 Å². The Bertz CT molecular complexity index is 269. The molecule has 16 heavy (non-hydrogen) atoms. The molecule has 0 aliphatic heterocycles. The van der Waals surface area contributed by atoms with E-state index in [1.807, 2.05) is 0 Å². The van der Waals surface area contributed by atoms with E-state index in [1.165, 1.54) is 26.4 Å². The Morgan fingerprint density at radius 1 is 1.38 bits per heavy atom. The largest absolute Gasteiger partial charge is 0.469 e. The van der Waals surface area contributed by atoms with Crippen molar-refractivity contribution in [1.82, 2.24) is 5.32 Å². The number of amides is 1. The predicted octanol–water partition coefficient (Wildman–Crippen LogP) is 1.49. The normalized spacial score (nSPS) is 16.4. The highest BCUT2D eigenvalue weighted by Gasteiger charge is 2.33. The molecule has 0 aromatic rings. The molecule has 92 valence electrons. The van der Waals surface area contributed by atoms with Crippen molar-refractivity contribution in [2.75, 3.05) is 13.7 Å². The molecule has 1 fully saturated rings. The monoisotopic (exact) mass is 227 g/mol.